The van der Waals surface area contributed by atoms with E-state index in [9.17, 15) is 13.2 Å². The maximum atomic E-state index is 12.8. The minimum atomic E-state index is -3.77. The highest BCUT2D eigenvalue weighted by atomic mass is 32.2. The maximum absolute atomic E-state index is 12.8. The number of carbonyl (C=O) groups is 1. The normalized spacial score (nSPS) is 11.1. The van der Waals surface area contributed by atoms with Crippen molar-refractivity contribution in [3.8, 4) is 17.2 Å². The molecule has 8 nitrogen and oxygen atoms in total. The number of ether oxygens (including phenoxy) is 1. The van der Waals surface area contributed by atoms with Crippen LogP contribution in [0.25, 0.3) is 5.69 Å². The Hall–Kier alpha value is -4.11. The number of rotatable bonds is 9. The lowest BCUT2D eigenvalue weighted by molar-refractivity contribution is -0.119. The first-order valence-corrected chi connectivity index (χ1v) is 12.4. The fourth-order valence-corrected chi connectivity index (χ4v) is 4.30. The molecule has 0 aliphatic heterocycles. The van der Waals surface area contributed by atoms with Crippen molar-refractivity contribution >= 4 is 21.6 Å². The zero-order valence-electron chi connectivity index (χ0n) is 18.5. The number of hydrogen-bond donors (Lipinski definition) is 1. The van der Waals surface area contributed by atoms with Crippen LogP contribution in [0.1, 0.15) is 5.56 Å². The van der Waals surface area contributed by atoms with Crippen LogP contribution in [0.5, 0.6) is 11.5 Å². The van der Waals surface area contributed by atoms with Gasteiger partial charge in [0.05, 0.1) is 24.0 Å². The number of hydrogen-bond acceptors (Lipinski definition) is 5. The molecule has 34 heavy (non-hydrogen) atoms. The average molecular weight is 477 g/mol. The highest BCUT2D eigenvalue weighted by molar-refractivity contribution is 7.92. The minimum absolute atomic E-state index is 0.229. The number of anilines is 1. The zero-order valence-corrected chi connectivity index (χ0v) is 19.4. The van der Waals surface area contributed by atoms with E-state index in [-0.39, 0.29) is 18.8 Å². The molecule has 0 radical (unpaired) electrons. The van der Waals surface area contributed by atoms with Gasteiger partial charge in [-0.1, -0.05) is 48.5 Å². The Kier molecular flexibility index (Phi) is 6.93. The first-order valence-electron chi connectivity index (χ1n) is 10.5. The number of aromatic nitrogens is 2. The molecule has 0 spiro atoms. The highest BCUT2D eigenvalue weighted by Gasteiger charge is 2.24. The summed E-state index contributed by atoms with van der Waals surface area (Å²) in [4.78, 5) is 16.9. The molecule has 0 bridgehead atoms. The van der Waals surface area contributed by atoms with Crippen LogP contribution in [0.3, 0.4) is 0 Å². The van der Waals surface area contributed by atoms with Gasteiger partial charge in [-0.25, -0.2) is 13.4 Å². The van der Waals surface area contributed by atoms with Gasteiger partial charge in [0.25, 0.3) is 0 Å². The van der Waals surface area contributed by atoms with E-state index in [1.165, 1.54) is 0 Å². The summed E-state index contributed by atoms with van der Waals surface area (Å²) >= 11 is 0. The van der Waals surface area contributed by atoms with Crippen LogP contribution < -0.4 is 14.4 Å². The third kappa shape index (κ3) is 5.62. The Morgan fingerprint density at radius 1 is 1.00 bits per heavy atom. The summed E-state index contributed by atoms with van der Waals surface area (Å²) in [6.07, 6.45) is 6.23. The van der Waals surface area contributed by atoms with Gasteiger partial charge in [-0.05, 0) is 35.9 Å². The van der Waals surface area contributed by atoms with Crippen LogP contribution >= 0.6 is 0 Å². The van der Waals surface area contributed by atoms with E-state index >= 15 is 0 Å². The number of nitrogens with one attached hydrogen (secondary N) is 1. The van der Waals surface area contributed by atoms with Gasteiger partial charge in [0.1, 0.15) is 12.3 Å². The Morgan fingerprint density at radius 3 is 2.44 bits per heavy atom. The van der Waals surface area contributed by atoms with Crippen molar-refractivity contribution in [1.82, 2.24) is 14.9 Å². The van der Waals surface area contributed by atoms with Gasteiger partial charge < -0.3 is 14.6 Å². The second-order valence-corrected chi connectivity index (χ2v) is 9.43. The second kappa shape index (κ2) is 10.2. The molecule has 0 saturated heterocycles. The Labute approximate surface area is 198 Å². The summed E-state index contributed by atoms with van der Waals surface area (Å²) < 4.78 is 34.1. The van der Waals surface area contributed by atoms with Gasteiger partial charge in [0.15, 0.2) is 5.75 Å². The molecule has 0 saturated carbocycles. The van der Waals surface area contributed by atoms with E-state index in [2.05, 4.69) is 10.3 Å². The van der Waals surface area contributed by atoms with Gasteiger partial charge in [0, 0.05) is 18.9 Å². The summed E-state index contributed by atoms with van der Waals surface area (Å²) in [7, 11) is -3.77. The van der Waals surface area contributed by atoms with Gasteiger partial charge in [0.2, 0.25) is 15.9 Å². The molecule has 0 fully saturated rings. The number of nitrogens with zero attached hydrogens (tertiary/aromatic N) is 3. The molecule has 0 unspecified atom stereocenters. The molecular weight excluding hydrogens is 452 g/mol. The molecule has 4 aromatic rings. The van der Waals surface area contributed by atoms with Crippen LogP contribution in [0.15, 0.2) is 97.6 Å². The van der Waals surface area contributed by atoms with Crippen molar-refractivity contribution in [2.75, 3.05) is 17.1 Å². The number of amides is 1. The third-order valence-electron chi connectivity index (χ3n) is 5.04. The standard InChI is InChI=1S/C25H24N4O4S/c1-34(31,32)29(23-13-7-8-14-24(23)33-21-10-3-2-4-11-21)18-25(30)27-17-20-9-5-6-12-22(20)28-16-15-26-19-28/h2-16,19H,17-18H2,1H3,(H,27,30). The molecule has 1 aromatic heterocycles. The Balaban J connectivity index is 1.52. The summed E-state index contributed by atoms with van der Waals surface area (Å²) in [5, 5.41) is 2.82. The van der Waals surface area contributed by atoms with Crippen LogP contribution in [0.4, 0.5) is 5.69 Å². The van der Waals surface area contributed by atoms with Crippen LogP contribution in [-0.4, -0.2) is 36.7 Å². The van der Waals surface area contributed by atoms with E-state index in [4.69, 9.17) is 4.74 Å². The molecule has 1 amide bonds. The van der Waals surface area contributed by atoms with Gasteiger partial charge >= 0.3 is 0 Å². The number of imidazole rings is 1. The zero-order chi connectivity index (χ0) is 24.0. The Bertz CT molecular complexity index is 1360. The van der Waals surface area contributed by atoms with Gasteiger partial charge in [-0.3, -0.25) is 9.10 Å². The molecule has 1 N–H and O–H groups in total. The molecule has 174 valence electrons. The summed E-state index contributed by atoms with van der Waals surface area (Å²) in [5.41, 5.74) is 2.03. The molecular formula is C25H24N4O4S. The number of sulfonamides is 1. The van der Waals surface area contributed by atoms with E-state index in [0.717, 1.165) is 21.8 Å². The minimum Gasteiger partial charge on any atom is -0.455 e. The fourth-order valence-electron chi connectivity index (χ4n) is 3.44. The maximum Gasteiger partial charge on any atom is 0.241 e. The summed E-state index contributed by atoms with van der Waals surface area (Å²) in [5.74, 6) is 0.446. The third-order valence-corrected chi connectivity index (χ3v) is 6.17. The van der Waals surface area contributed by atoms with E-state index in [0.29, 0.717) is 11.5 Å². The second-order valence-electron chi connectivity index (χ2n) is 7.53. The smallest absolute Gasteiger partial charge is 0.241 e. The van der Waals surface area contributed by atoms with Crippen LogP contribution in [0, 0.1) is 0 Å². The first kappa shape index (κ1) is 23.1. The van der Waals surface area contributed by atoms with Crippen molar-refractivity contribution < 1.29 is 17.9 Å². The molecule has 0 aliphatic rings. The van der Waals surface area contributed by atoms with Crippen molar-refractivity contribution in [2.45, 2.75) is 6.54 Å². The van der Waals surface area contributed by atoms with E-state index < -0.39 is 15.9 Å². The predicted molar refractivity (Wildman–Crippen MR) is 131 cm³/mol. The number of para-hydroxylation sites is 4. The first-order chi connectivity index (χ1) is 16.4. The quantitative estimate of drug-likeness (QED) is 0.397. The summed E-state index contributed by atoms with van der Waals surface area (Å²) in [6.45, 7) is -0.159. The summed E-state index contributed by atoms with van der Waals surface area (Å²) in [6, 6.07) is 23.4. The molecule has 9 heteroatoms. The van der Waals surface area contributed by atoms with E-state index in [1.807, 2.05) is 53.2 Å². The fraction of sp³-hybridized carbons (Fsp3) is 0.120. The lowest BCUT2D eigenvalue weighted by Crippen LogP contribution is -2.40. The lowest BCUT2D eigenvalue weighted by atomic mass is 10.1. The topological polar surface area (TPSA) is 93.5 Å². The molecule has 4 rings (SSSR count). The lowest BCUT2D eigenvalue weighted by Gasteiger charge is -2.24. The predicted octanol–water partition coefficient (Wildman–Crippen LogP) is 3.75. The Morgan fingerprint density at radius 2 is 1.71 bits per heavy atom. The monoisotopic (exact) mass is 476 g/mol. The van der Waals surface area contributed by atoms with Crippen LogP contribution in [-0.2, 0) is 21.4 Å². The molecule has 1 heterocycles. The van der Waals surface area contributed by atoms with Crippen LogP contribution in [0.2, 0.25) is 0 Å². The largest absolute Gasteiger partial charge is 0.455 e. The van der Waals surface area contributed by atoms with Crippen molar-refractivity contribution in [1.29, 1.82) is 0 Å². The average Bonchev–Trinajstić information content (AvgIpc) is 3.37. The van der Waals surface area contributed by atoms with Gasteiger partial charge in [-0.15, -0.1) is 0 Å². The molecule has 0 aliphatic carbocycles. The SMILES string of the molecule is CS(=O)(=O)N(CC(=O)NCc1ccccc1-n1ccnc1)c1ccccc1Oc1ccccc1. The number of benzene rings is 3. The van der Waals surface area contributed by atoms with E-state index in [1.54, 1.807) is 48.9 Å². The van der Waals surface area contributed by atoms with Gasteiger partial charge in [-0.2, -0.15) is 0 Å². The highest BCUT2D eigenvalue weighted by Crippen LogP contribution is 2.33. The van der Waals surface area contributed by atoms with Crippen molar-refractivity contribution in [3.63, 3.8) is 0 Å². The van der Waals surface area contributed by atoms with Crippen molar-refractivity contribution in [3.05, 3.63) is 103 Å². The molecule has 0 atom stereocenters. The van der Waals surface area contributed by atoms with Crippen molar-refractivity contribution in [2.24, 2.45) is 0 Å². The molecule has 3 aromatic carbocycles. The number of carbonyl (C=O) groups excluding carboxylic acids is 1.